The van der Waals surface area contributed by atoms with Gasteiger partial charge in [0.1, 0.15) is 0 Å². The lowest BCUT2D eigenvalue weighted by Crippen LogP contribution is -2.57. The number of nitrogens with zero attached hydrogens (tertiary/aromatic N) is 1. The van der Waals surface area contributed by atoms with Gasteiger partial charge in [0.25, 0.3) is 0 Å². The second kappa shape index (κ2) is 6.95. The average molecular weight is 339 g/mol. The van der Waals surface area contributed by atoms with Gasteiger partial charge >= 0.3 is 0 Å². The van der Waals surface area contributed by atoms with Crippen molar-refractivity contribution >= 4 is 21.6 Å². The third-order valence-electron chi connectivity index (χ3n) is 4.21. The predicted octanol–water partition coefficient (Wildman–Crippen LogP) is 4.36. The molecule has 0 amide bonds. The van der Waals surface area contributed by atoms with Crippen molar-refractivity contribution < 1.29 is 0 Å². The maximum Gasteiger partial charge on any atom is 0.0412 e. The predicted molar refractivity (Wildman–Crippen MR) is 91.5 cm³/mol. The summed E-state index contributed by atoms with van der Waals surface area (Å²) < 4.78 is 1.17. The zero-order valence-corrected chi connectivity index (χ0v) is 14.7. The number of rotatable bonds is 4. The number of piperazine rings is 1. The summed E-state index contributed by atoms with van der Waals surface area (Å²) in [4.78, 5) is 2.61. The SMILES string of the molecule is CCC1CNC(CC(C)C)CN1c1cc(Br)ccc1C. The van der Waals surface area contributed by atoms with E-state index in [2.05, 4.69) is 72.0 Å². The van der Waals surface area contributed by atoms with Gasteiger partial charge in [0.2, 0.25) is 0 Å². The number of anilines is 1. The van der Waals surface area contributed by atoms with Crippen LogP contribution in [0.15, 0.2) is 22.7 Å². The highest BCUT2D eigenvalue weighted by Gasteiger charge is 2.28. The molecule has 2 rings (SSSR count). The fraction of sp³-hybridized carbons (Fsp3) is 0.647. The van der Waals surface area contributed by atoms with Gasteiger partial charge in [0.15, 0.2) is 0 Å². The third-order valence-corrected chi connectivity index (χ3v) is 4.70. The zero-order chi connectivity index (χ0) is 14.7. The number of halogens is 1. The van der Waals surface area contributed by atoms with E-state index in [-0.39, 0.29) is 0 Å². The molecule has 3 heteroatoms. The molecular weight excluding hydrogens is 312 g/mol. The molecule has 1 N–H and O–H groups in total. The monoisotopic (exact) mass is 338 g/mol. The van der Waals surface area contributed by atoms with Gasteiger partial charge in [-0.2, -0.15) is 0 Å². The van der Waals surface area contributed by atoms with E-state index < -0.39 is 0 Å². The smallest absolute Gasteiger partial charge is 0.0412 e. The first-order valence-electron chi connectivity index (χ1n) is 7.77. The summed E-state index contributed by atoms with van der Waals surface area (Å²) in [6.45, 7) is 11.3. The highest BCUT2D eigenvalue weighted by atomic mass is 79.9. The maximum absolute atomic E-state index is 3.73. The Morgan fingerprint density at radius 2 is 2.15 bits per heavy atom. The van der Waals surface area contributed by atoms with Gasteiger partial charge in [0, 0.05) is 35.3 Å². The minimum atomic E-state index is 0.603. The van der Waals surface area contributed by atoms with Crippen LogP contribution < -0.4 is 10.2 Å². The molecule has 1 fully saturated rings. The summed E-state index contributed by atoms with van der Waals surface area (Å²) in [6, 6.07) is 7.83. The van der Waals surface area contributed by atoms with Gasteiger partial charge in [-0.05, 0) is 43.4 Å². The quantitative estimate of drug-likeness (QED) is 0.877. The summed E-state index contributed by atoms with van der Waals surface area (Å²) in [6.07, 6.45) is 2.44. The van der Waals surface area contributed by atoms with Crippen molar-refractivity contribution in [1.82, 2.24) is 5.32 Å². The molecule has 2 atom stereocenters. The molecule has 0 radical (unpaired) electrons. The van der Waals surface area contributed by atoms with Crippen LogP contribution in [0.2, 0.25) is 0 Å². The Hall–Kier alpha value is -0.540. The fourth-order valence-electron chi connectivity index (χ4n) is 3.14. The molecule has 0 saturated carbocycles. The first-order valence-corrected chi connectivity index (χ1v) is 8.56. The molecule has 112 valence electrons. The van der Waals surface area contributed by atoms with Crippen LogP contribution in [0.3, 0.4) is 0 Å². The van der Waals surface area contributed by atoms with Crippen molar-refractivity contribution in [2.24, 2.45) is 5.92 Å². The Morgan fingerprint density at radius 1 is 1.40 bits per heavy atom. The molecule has 1 aromatic rings. The van der Waals surface area contributed by atoms with E-state index in [1.165, 1.54) is 28.6 Å². The molecule has 0 aromatic heterocycles. The molecule has 1 aromatic carbocycles. The molecule has 1 aliphatic rings. The van der Waals surface area contributed by atoms with Gasteiger partial charge < -0.3 is 10.2 Å². The normalized spacial score (nSPS) is 23.4. The van der Waals surface area contributed by atoms with E-state index in [0.29, 0.717) is 12.1 Å². The molecule has 2 nitrogen and oxygen atoms in total. The number of hydrogen-bond acceptors (Lipinski definition) is 2. The molecule has 1 heterocycles. The van der Waals surface area contributed by atoms with E-state index in [0.717, 1.165) is 19.0 Å². The second-order valence-electron chi connectivity index (χ2n) is 6.38. The summed E-state index contributed by atoms with van der Waals surface area (Å²) >= 11 is 3.62. The summed E-state index contributed by atoms with van der Waals surface area (Å²) in [5.41, 5.74) is 2.76. The van der Waals surface area contributed by atoms with Crippen molar-refractivity contribution in [2.45, 2.75) is 52.6 Å². The van der Waals surface area contributed by atoms with E-state index in [1.807, 2.05) is 0 Å². The van der Waals surface area contributed by atoms with Crippen LogP contribution in [0.5, 0.6) is 0 Å². The van der Waals surface area contributed by atoms with Gasteiger partial charge in [0.05, 0.1) is 0 Å². The van der Waals surface area contributed by atoms with Gasteiger partial charge in [-0.25, -0.2) is 0 Å². The number of hydrogen-bond donors (Lipinski definition) is 1. The summed E-state index contributed by atoms with van der Waals surface area (Å²) in [5.74, 6) is 0.746. The first kappa shape index (κ1) is 15.8. The lowest BCUT2D eigenvalue weighted by Gasteiger charge is -2.43. The number of nitrogens with one attached hydrogen (secondary N) is 1. The van der Waals surface area contributed by atoms with E-state index in [1.54, 1.807) is 0 Å². The highest BCUT2D eigenvalue weighted by molar-refractivity contribution is 9.10. The third kappa shape index (κ3) is 3.76. The van der Waals surface area contributed by atoms with Crippen LogP contribution in [0.1, 0.15) is 39.2 Å². The largest absolute Gasteiger partial charge is 0.365 e. The summed E-state index contributed by atoms with van der Waals surface area (Å²) in [5, 5.41) is 3.73. The maximum atomic E-state index is 3.73. The van der Waals surface area contributed by atoms with Crippen molar-refractivity contribution in [3.8, 4) is 0 Å². The van der Waals surface area contributed by atoms with Gasteiger partial charge in [-0.3, -0.25) is 0 Å². The molecular formula is C17H27BrN2. The lowest BCUT2D eigenvalue weighted by atomic mass is 9.97. The minimum absolute atomic E-state index is 0.603. The van der Waals surface area contributed by atoms with Crippen LogP contribution in [0.25, 0.3) is 0 Å². The van der Waals surface area contributed by atoms with Crippen molar-refractivity contribution in [3.63, 3.8) is 0 Å². The highest BCUT2D eigenvalue weighted by Crippen LogP contribution is 2.29. The van der Waals surface area contributed by atoms with Crippen LogP contribution >= 0.6 is 15.9 Å². The van der Waals surface area contributed by atoms with E-state index in [9.17, 15) is 0 Å². The molecule has 1 aliphatic heterocycles. The van der Waals surface area contributed by atoms with Crippen LogP contribution in [0.4, 0.5) is 5.69 Å². The second-order valence-corrected chi connectivity index (χ2v) is 7.30. The van der Waals surface area contributed by atoms with Crippen molar-refractivity contribution in [2.75, 3.05) is 18.0 Å². The zero-order valence-electron chi connectivity index (χ0n) is 13.1. The van der Waals surface area contributed by atoms with Crippen molar-refractivity contribution in [3.05, 3.63) is 28.2 Å². The Kier molecular flexibility index (Phi) is 5.50. The Balaban J connectivity index is 2.22. The molecule has 0 spiro atoms. The van der Waals surface area contributed by atoms with Gasteiger partial charge in [-0.1, -0.05) is 42.8 Å². The number of aryl methyl sites for hydroxylation is 1. The molecule has 0 aliphatic carbocycles. The summed E-state index contributed by atoms with van der Waals surface area (Å²) in [7, 11) is 0. The topological polar surface area (TPSA) is 15.3 Å². The van der Waals surface area contributed by atoms with Crippen LogP contribution in [0, 0.1) is 12.8 Å². The average Bonchev–Trinajstić information content (AvgIpc) is 2.41. The van der Waals surface area contributed by atoms with E-state index >= 15 is 0 Å². The Morgan fingerprint density at radius 3 is 2.80 bits per heavy atom. The number of benzene rings is 1. The van der Waals surface area contributed by atoms with Crippen LogP contribution in [-0.2, 0) is 0 Å². The molecule has 1 saturated heterocycles. The van der Waals surface area contributed by atoms with Crippen LogP contribution in [-0.4, -0.2) is 25.2 Å². The first-order chi connectivity index (χ1) is 9.51. The minimum Gasteiger partial charge on any atom is -0.365 e. The van der Waals surface area contributed by atoms with Crippen molar-refractivity contribution in [1.29, 1.82) is 0 Å². The Labute approximate surface area is 132 Å². The molecule has 2 unspecified atom stereocenters. The van der Waals surface area contributed by atoms with Gasteiger partial charge in [-0.15, -0.1) is 0 Å². The fourth-order valence-corrected chi connectivity index (χ4v) is 3.49. The molecule has 0 bridgehead atoms. The molecule has 20 heavy (non-hydrogen) atoms. The Bertz CT molecular complexity index is 445. The van der Waals surface area contributed by atoms with E-state index in [4.69, 9.17) is 0 Å². The standard InChI is InChI=1S/C17H27BrN2/c1-5-16-10-19-15(8-12(2)3)11-20(16)17-9-14(18)7-6-13(17)4/h6-7,9,12,15-16,19H,5,8,10-11H2,1-4H3. The lowest BCUT2D eigenvalue weighted by molar-refractivity contribution is 0.343.